The van der Waals surface area contributed by atoms with E-state index in [1.165, 1.54) is 0 Å². The highest BCUT2D eigenvalue weighted by Gasteiger charge is 2.95. The zero-order valence-corrected chi connectivity index (χ0v) is 25.0. The normalized spacial score (nSPS) is 15.2. The molecule has 0 radical (unpaired) electrons. The maximum absolute atomic E-state index is 13.9. The van der Waals surface area contributed by atoms with Gasteiger partial charge in [-0.3, -0.25) is 14.1 Å². The summed E-state index contributed by atoms with van der Waals surface area (Å²) in [4.78, 5) is 23.7. The molecule has 0 heterocycles. The number of ether oxygens (including phenoxy) is 4. The van der Waals surface area contributed by atoms with E-state index in [4.69, 9.17) is 14.0 Å². The third-order valence-electron chi connectivity index (χ3n) is 5.93. The molecule has 0 fully saturated rings. The molecule has 0 aliphatic rings. The smallest absolute Gasteiger partial charge is 0.460 e. The molecule has 27 heteroatoms. The quantitative estimate of drug-likeness (QED) is 0.0614. The van der Waals surface area contributed by atoms with Crippen molar-refractivity contribution in [2.24, 2.45) is 0 Å². The van der Waals surface area contributed by atoms with Crippen molar-refractivity contribution in [3.63, 3.8) is 0 Å². The van der Waals surface area contributed by atoms with Crippen molar-refractivity contribution in [1.82, 2.24) is 0 Å². The maximum atomic E-state index is 13.9. The lowest BCUT2D eigenvalue weighted by molar-refractivity contribution is -0.461. The second-order valence-corrected chi connectivity index (χ2v) is 11.2. The Morgan fingerprint density at radius 3 is 1.43 bits per heavy atom. The first kappa shape index (κ1) is 46.6. The van der Waals surface area contributed by atoms with E-state index >= 15 is 0 Å². The van der Waals surface area contributed by atoms with Gasteiger partial charge in [-0.2, -0.15) is 83.1 Å². The van der Waals surface area contributed by atoms with Gasteiger partial charge in [0.2, 0.25) is 0 Å². The van der Waals surface area contributed by atoms with Gasteiger partial charge in [-0.05, 0) is 6.42 Å². The molecule has 0 aromatic carbocycles. The van der Waals surface area contributed by atoms with Gasteiger partial charge in [-0.15, -0.1) is 0 Å². The van der Waals surface area contributed by atoms with E-state index in [1.807, 2.05) is 6.92 Å². The van der Waals surface area contributed by atoms with Gasteiger partial charge in [0, 0.05) is 6.61 Å². The molecule has 0 saturated heterocycles. The minimum Gasteiger partial charge on any atom is -0.465 e. The third-order valence-corrected chi connectivity index (χ3v) is 7.01. The second-order valence-electron chi connectivity index (χ2n) is 9.57. The van der Waals surface area contributed by atoms with Crippen LogP contribution in [0.3, 0.4) is 0 Å². The standard InChI is InChI=1S/C22H25F17O9S/c1-2-3-5-45-7-8-46-9-10-48-14(41)12(49(42,43)44)11-13(40)47-6-4-15(23,24)16(25,26)17(27,28)18(29,30)19(31,32)20(33,34)21(35,36)22(37,38)39/h12H,2-11H2,1H3,(H,42,43,44). The second kappa shape index (κ2) is 16.3. The van der Waals surface area contributed by atoms with E-state index < -0.39 is 108 Å². The van der Waals surface area contributed by atoms with Crippen LogP contribution in [0.1, 0.15) is 32.6 Å². The average Bonchev–Trinajstić information content (AvgIpc) is 2.92. The number of rotatable bonds is 22. The summed E-state index contributed by atoms with van der Waals surface area (Å²) in [5.41, 5.74) is 0. The summed E-state index contributed by atoms with van der Waals surface area (Å²) in [7, 11) is -5.62. The van der Waals surface area contributed by atoms with E-state index in [2.05, 4.69) is 9.47 Å². The van der Waals surface area contributed by atoms with Gasteiger partial charge in [0.05, 0.1) is 39.3 Å². The zero-order valence-electron chi connectivity index (χ0n) is 24.2. The van der Waals surface area contributed by atoms with Gasteiger partial charge in [-0.1, -0.05) is 13.3 Å². The highest BCUT2D eigenvalue weighted by molar-refractivity contribution is 7.87. The van der Waals surface area contributed by atoms with Gasteiger partial charge in [0.25, 0.3) is 10.1 Å². The minimum absolute atomic E-state index is 0.0501. The number of unbranched alkanes of at least 4 members (excludes halogenated alkanes) is 1. The van der Waals surface area contributed by atoms with Crippen LogP contribution < -0.4 is 0 Å². The first-order valence-electron chi connectivity index (χ1n) is 12.9. The third kappa shape index (κ3) is 10.1. The van der Waals surface area contributed by atoms with Crippen LogP contribution in [-0.2, 0) is 38.7 Å². The fourth-order valence-corrected chi connectivity index (χ4v) is 3.69. The van der Waals surface area contributed by atoms with Crippen LogP contribution in [0.2, 0.25) is 0 Å². The maximum Gasteiger partial charge on any atom is 0.460 e. The average molecular weight is 788 g/mol. The Morgan fingerprint density at radius 2 is 1.00 bits per heavy atom. The molecule has 9 nitrogen and oxygen atoms in total. The highest BCUT2D eigenvalue weighted by Crippen LogP contribution is 2.64. The van der Waals surface area contributed by atoms with Crippen molar-refractivity contribution in [3.8, 4) is 0 Å². The lowest BCUT2D eigenvalue weighted by atomic mass is 9.88. The van der Waals surface area contributed by atoms with E-state index in [0.717, 1.165) is 12.8 Å². The van der Waals surface area contributed by atoms with E-state index in [1.54, 1.807) is 0 Å². The summed E-state index contributed by atoms with van der Waals surface area (Å²) in [5, 5.41) is -2.93. The SMILES string of the molecule is CCCCOCCOCCOC(=O)C(CC(=O)OCCC(F)(F)C(F)(F)C(F)(F)C(F)(F)C(F)(F)C(F)(F)C(F)(F)C(F)(F)F)S(=O)(=O)O. The molecule has 0 aliphatic heterocycles. The van der Waals surface area contributed by atoms with Crippen molar-refractivity contribution >= 4 is 22.1 Å². The van der Waals surface area contributed by atoms with Gasteiger partial charge < -0.3 is 18.9 Å². The van der Waals surface area contributed by atoms with Gasteiger partial charge >= 0.3 is 59.6 Å². The zero-order chi connectivity index (χ0) is 39.1. The summed E-state index contributed by atoms with van der Waals surface area (Å²) in [5.74, 6) is -62.2. The fourth-order valence-electron chi connectivity index (χ4n) is 3.03. The minimum atomic E-state index is -8.82. The van der Waals surface area contributed by atoms with Crippen LogP contribution >= 0.6 is 0 Å². The molecule has 0 spiro atoms. The van der Waals surface area contributed by atoms with Crippen LogP contribution in [-0.4, -0.2) is 117 Å². The van der Waals surface area contributed by atoms with Gasteiger partial charge in [-0.25, -0.2) is 0 Å². The molecule has 0 aromatic rings. The van der Waals surface area contributed by atoms with Crippen molar-refractivity contribution in [2.75, 3.05) is 39.6 Å². The molecule has 0 rings (SSSR count). The molecular weight excluding hydrogens is 763 g/mol. The van der Waals surface area contributed by atoms with Crippen LogP contribution in [0.25, 0.3) is 0 Å². The summed E-state index contributed by atoms with van der Waals surface area (Å²) in [6, 6.07) is 0. The number of alkyl halides is 17. The highest BCUT2D eigenvalue weighted by atomic mass is 32.2. The van der Waals surface area contributed by atoms with Crippen molar-refractivity contribution in [3.05, 3.63) is 0 Å². The summed E-state index contributed by atoms with van der Waals surface area (Å²) < 4.78 is 276. The Hall–Kier alpha value is -2.42. The number of halogens is 17. The number of hydrogen-bond donors (Lipinski definition) is 1. The van der Waals surface area contributed by atoms with Crippen molar-refractivity contribution in [2.45, 2.75) is 85.5 Å². The molecule has 0 bridgehead atoms. The number of esters is 2. The van der Waals surface area contributed by atoms with Crippen LogP contribution in [0.5, 0.6) is 0 Å². The first-order chi connectivity index (χ1) is 21.7. The fraction of sp³-hybridized carbons (Fsp3) is 0.909. The van der Waals surface area contributed by atoms with Crippen molar-refractivity contribution < 1.29 is 116 Å². The molecule has 0 aromatic heterocycles. The number of carbonyl (C=O) groups is 2. The summed E-state index contributed by atoms with van der Waals surface area (Å²) >= 11 is 0. The van der Waals surface area contributed by atoms with E-state index in [0.29, 0.717) is 6.61 Å². The van der Waals surface area contributed by atoms with Crippen LogP contribution in [0, 0.1) is 0 Å². The lowest BCUT2D eigenvalue weighted by Gasteiger charge is -2.42. The molecule has 1 atom stereocenters. The molecule has 292 valence electrons. The Kier molecular flexibility index (Phi) is 15.5. The topological polar surface area (TPSA) is 125 Å². The Bertz CT molecular complexity index is 1210. The molecule has 49 heavy (non-hydrogen) atoms. The molecule has 0 amide bonds. The molecule has 1 unspecified atom stereocenters. The van der Waals surface area contributed by atoms with Gasteiger partial charge in [0.15, 0.2) is 5.25 Å². The monoisotopic (exact) mass is 788 g/mol. The molecule has 1 N–H and O–H groups in total. The Balaban J connectivity index is 5.63. The molecule has 0 saturated carbocycles. The summed E-state index contributed by atoms with van der Waals surface area (Å²) in [6.07, 6.45) is -11.4. The predicted molar refractivity (Wildman–Crippen MR) is 124 cm³/mol. The lowest BCUT2D eigenvalue weighted by Crippen LogP contribution is -2.74. The summed E-state index contributed by atoms with van der Waals surface area (Å²) in [6.45, 7) is -1.25. The van der Waals surface area contributed by atoms with Crippen LogP contribution in [0.4, 0.5) is 74.6 Å². The first-order valence-corrected chi connectivity index (χ1v) is 14.4. The molecular formula is C22H25F17O9S. The van der Waals surface area contributed by atoms with E-state index in [-0.39, 0.29) is 13.2 Å². The largest absolute Gasteiger partial charge is 0.465 e. The molecule has 0 aliphatic carbocycles. The van der Waals surface area contributed by atoms with Crippen LogP contribution in [0.15, 0.2) is 0 Å². The Morgan fingerprint density at radius 1 is 0.592 bits per heavy atom. The number of hydrogen-bond acceptors (Lipinski definition) is 8. The van der Waals surface area contributed by atoms with Gasteiger partial charge in [0.1, 0.15) is 6.61 Å². The Labute approximate surface area is 264 Å². The number of carbonyl (C=O) groups excluding carboxylic acids is 2. The predicted octanol–water partition coefficient (Wildman–Crippen LogP) is 5.95. The van der Waals surface area contributed by atoms with Crippen molar-refractivity contribution in [1.29, 1.82) is 0 Å². The van der Waals surface area contributed by atoms with E-state index in [9.17, 15) is 92.6 Å².